The predicted molar refractivity (Wildman–Crippen MR) is 211 cm³/mol. The van der Waals surface area contributed by atoms with Gasteiger partial charge in [0.15, 0.2) is 0 Å². The molecule has 0 bridgehead atoms. The number of aromatic nitrogens is 6. The van der Waals surface area contributed by atoms with Crippen LogP contribution in [0.1, 0.15) is 50.4 Å². The van der Waals surface area contributed by atoms with E-state index in [-0.39, 0.29) is 48.4 Å². The van der Waals surface area contributed by atoms with Crippen LogP contribution in [0.2, 0.25) is 10.0 Å². The van der Waals surface area contributed by atoms with Gasteiger partial charge in [-0.1, -0.05) is 42.8 Å². The molecule has 0 aliphatic rings. The van der Waals surface area contributed by atoms with Crippen molar-refractivity contribution in [1.29, 1.82) is 10.5 Å². The molecule has 2 aromatic carbocycles. The average molecular weight is 798 g/mol. The monoisotopic (exact) mass is 796 g/mol. The van der Waals surface area contributed by atoms with Crippen molar-refractivity contribution in [2.45, 2.75) is 20.5 Å². The van der Waals surface area contributed by atoms with E-state index in [0.29, 0.717) is 56.1 Å². The number of methoxy groups -OCH3 is 1. The summed E-state index contributed by atoms with van der Waals surface area (Å²) in [6.45, 7) is 0.926. The van der Waals surface area contributed by atoms with E-state index in [9.17, 15) is 25.2 Å². The zero-order valence-corrected chi connectivity index (χ0v) is 31.1. The molecule has 6 heterocycles. The summed E-state index contributed by atoms with van der Waals surface area (Å²) in [7, 11) is 1.32. The second-order valence-corrected chi connectivity index (χ2v) is 12.8. The number of carboxylic acids is 1. The van der Waals surface area contributed by atoms with Gasteiger partial charge in [0.25, 0.3) is 0 Å². The topological polar surface area (TPSA) is 234 Å². The molecule has 0 spiro atoms. The van der Waals surface area contributed by atoms with E-state index in [1.165, 1.54) is 25.7 Å². The van der Waals surface area contributed by atoms with Gasteiger partial charge in [-0.3, -0.25) is 19.9 Å². The molecule has 14 nitrogen and oxygen atoms in total. The number of benzene rings is 2. The third-order valence-corrected chi connectivity index (χ3v) is 9.00. The van der Waals surface area contributed by atoms with Crippen molar-refractivity contribution in [3.8, 4) is 12.1 Å². The Balaban J connectivity index is 0.000000285. The number of carbonyl (C=O) groups is 2. The van der Waals surface area contributed by atoms with Gasteiger partial charge in [0.2, 0.25) is 0 Å². The van der Waals surface area contributed by atoms with Gasteiger partial charge in [-0.05, 0) is 47.5 Å². The van der Waals surface area contributed by atoms with Gasteiger partial charge < -0.3 is 29.9 Å². The summed E-state index contributed by atoms with van der Waals surface area (Å²) in [5.74, 6) is -1.57. The van der Waals surface area contributed by atoms with Crippen LogP contribution in [-0.2, 0) is 17.8 Å². The minimum absolute atomic E-state index is 0. The van der Waals surface area contributed by atoms with Gasteiger partial charge in [-0.15, -0.1) is 0 Å². The van der Waals surface area contributed by atoms with Crippen LogP contribution in [0, 0.1) is 22.7 Å². The second kappa shape index (κ2) is 19.0. The third-order valence-electron chi connectivity index (χ3n) is 8.59. The number of halogens is 2. The molecule has 0 aliphatic heterocycles. The summed E-state index contributed by atoms with van der Waals surface area (Å²) < 4.78 is 8.54. The van der Waals surface area contributed by atoms with Crippen molar-refractivity contribution < 1.29 is 49.2 Å². The molecule has 0 saturated heterocycles. The number of carboxylic acid groups (broad SMARTS) is 1. The number of fused-ring (bicyclic) bond motifs is 4. The van der Waals surface area contributed by atoms with E-state index in [4.69, 9.17) is 27.9 Å². The molecule has 8 aromatic rings. The second-order valence-electron chi connectivity index (χ2n) is 11.9. The summed E-state index contributed by atoms with van der Waals surface area (Å²) in [6.07, 6.45) is 12.5. The summed E-state index contributed by atoms with van der Waals surface area (Å²) in [5, 5.41) is 32.1. The van der Waals surface area contributed by atoms with Crippen molar-refractivity contribution in [2.24, 2.45) is 0 Å². The Hall–Kier alpha value is -6.34. The molecule has 0 unspecified atom stereocenters. The number of ether oxygens (including phenoxy) is 1. The van der Waals surface area contributed by atoms with Crippen LogP contribution in [0.5, 0.6) is 0 Å². The molecule has 0 amide bonds. The van der Waals surface area contributed by atoms with Crippen LogP contribution in [0.3, 0.4) is 0 Å². The van der Waals surface area contributed by atoms with Gasteiger partial charge in [0.05, 0.1) is 73.9 Å². The first-order chi connectivity index (χ1) is 25.7. The first kappa shape index (κ1) is 45.0. The number of pyridine rings is 4. The number of esters is 1. The molecule has 0 radical (unpaired) electrons. The molecular weight excluding hydrogens is 766 g/mol. The molecule has 0 aliphatic carbocycles. The fraction of sp³-hybridized carbons (Fsp3) is 0.100. The molecular formula is C40H31Cl2LiN8O6. The molecule has 8 rings (SSSR count). The van der Waals surface area contributed by atoms with Crippen LogP contribution < -0.4 is 18.9 Å². The van der Waals surface area contributed by atoms with E-state index in [1.54, 1.807) is 35.6 Å². The van der Waals surface area contributed by atoms with Crippen LogP contribution in [0.4, 0.5) is 0 Å². The molecule has 17 heteroatoms. The maximum Gasteiger partial charge on any atom is 1.00 e. The Morgan fingerprint density at radius 3 is 1.60 bits per heavy atom. The maximum absolute atomic E-state index is 12.2. The van der Waals surface area contributed by atoms with Crippen molar-refractivity contribution in [1.82, 2.24) is 29.1 Å². The van der Waals surface area contributed by atoms with Gasteiger partial charge in [-0.2, -0.15) is 10.5 Å². The first-order valence-corrected chi connectivity index (χ1v) is 16.6. The van der Waals surface area contributed by atoms with Crippen molar-refractivity contribution in [3.05, 3.63) is 142 Å². The SMILES string of the molecule is C.COC(=O)c1cn(Cc2ccc3ncc(Cl)cc3c2)c2cncc(C#N)c12.N#Cc1cncc2c1c(C(=O)O)cn2Cc1ccc2ncc(Cl)cc2c1.O.[Li+].[OH-]. The Bertz CT molecular complexity index is 2870. The molecule has 4 N–H and O–H groups in total. The van der Waals surface area contributed by atoms with Crippen LogP contribution in [0.25, 0.3) is 43.6 Å². The third kappa shape index (κ3) is 9.05. The summed E-state index contributed by atoms with van der Waals surface area (Å²) in [4.78, 5) is 40.5. The summed E-state index contributed by atoms with van der Waals surface area (Å²) in [5.41, 5.74) is 5.94. The number of carbonyl (C=O) groups excluding carboxylic acids is 1. The van der Waals surface area contributed by atoms with E-state index in [2.05, 4.69) is 26.0 Å². The Morgan fingerprint density at radius 2 is 1.18 bits per heavy atom. The Kier molecular flexibility index (Phi) is 15.0. The largest absolute Gasteiger partial charge is 1.00 e. The number of hydrogen-bond acceptors (Lipinski definition) is 10. The van der Waals surface area contributed by atoms with Gasteiger partial charge in [0, 0.05) is 71.8 Å². The average Bonchev–Trinajstić information content (AvgIpc) is 3.73. The molecule has 0 fully saturated rings. The van der Waals surface area contributed by atoms with E-state index in [0.717, 1.165) is 32.9 Å². The number of rotatable bonds is 6. The molecule has 0 saturated carbocycles. The molecule has 0 atom stereocenters. The van der Waals surface area contributed by atoms with Crippen LogP contribution in [-0.4, -0.2) is 64.2 Å². The van der Waals surface area contributed by atoms with Crippen LogP contribution in [0.15, 0.2) is 98.1 Å². The normalized spacial score (nSPS) is 10.1. The zero-order valence-electron chi connectivity index (χ0n) is 29.6. The van der Waals surface area contributed by atoms with Crippen molar-refractivity contribution >= 4 is 78.8 Å². The van der Waals surface area contributed by atoms with E-state index >= 15 is 0 Å². The van der Waals surface area contributed by atoms with Crippen molar-refractivity contribution in [3.63, 3.8) is 0 Å². The number of hydrogen-bond donors (Lipinski definition) is 1. The zero-order chi connectivity index (χ0) is 37.2. The Labute approximate surface area is 347 Å². The summed E-state index contributed by atoms with van der Waals surface area (Å²) >= 11 is 12.0. The minimum atomic E-state index is -1.08. The smallest absolute Gasteiger partial charge is 0.870 e. The maximum atomic E-state index is 12.2. The fourth-order valence-electron chi connectivity index (χ4n) is 6.24. The van der Waals surface area contributed by atoms with E-state index < -0.39 is 11.9 Å². The number of nitrogens with zero attached hydrogens (tertiary/aromatic N) is 8. The molecule has 282 valence electrons. The van der Waals surface area contributed by atoms with E-state index in [1.807, 2.05) is 59.2 Å². The summed E-state index contributed by atoms with van der Waals surface area (Å²) in [6, 6.07) is 19.5. The van der Waals surface area contributed by atoms with Gasteiger partial charge >= 0.3 is 30.8 Å². The quantitative estimate of drug-likeness (QED) is 0.182. The number of nitriles is 2. The first-order valence-electron chi connectivity index (χ1n) is 15.8. The predicted octanol–water partition coefficient (Wildman–Crippen LogP) is 4.44. The fourth-order valence-corrected chi connectivity index (χ4v) is 6.57. The molecule has 57 heavy (non-hydrogen) atoms. The number of aromatic carboxylic acids is 1. The van der Waals surface area contributed by atoms with Crippen LogP contribution >= 0.6 is 23.2 Å². The van der Waals surface area contributed by atoms with Gasteiger partial charge in [-0.25, -0.2) is 9.59 Å². The van der Waals surface area contributed by atoms with Gasteiger partial charge in [0.1, 0.15) is 12.1 Å². The minimum Gasteiger partial charge on any atom is -0.870 e. The van der Waals surface area contributed by atoms with Crippen molar-refractivity contribution in [2.75, 3.05) is 7.11 Å². The standard InChI is InChI=1S/C20H13ClN4O2.C19H11ClN4O2.CH4.Li.2H2O/c1-27-20(26)16-11-25(18-9-23-7-14(6-22)19(16)18)10-12-2-3-17-13(4-12)5-15(21)8-24-17;20-14-4-12-3-11(1-2-16(12)23-7-14)9-24-10-15(19(25)26)18-13(5-21)6-22-8-17(18)24;;;;/h2-5,7-9,11H,10H2,1H3;1-4,6-8,10H,9H2,(H,25,26);1H4;;2*1H2/q;;;+1;;/p-1. The molecule has 6 aromatic heterocycles. The Morgan fingerprint density at radius 1 is 0.737 bits per heavy atom.